The fourth-order valence-electron chi connectivity index (χ4n) is 2.07. The lowest BCUT2D eigenvalue weighted by Crippen LogP contribution is -2.31. The van der Waals surface area contributed by atoms with Gasteiger partial charge in [-0.15, -0.1) is 5.10 Å². The van der Waals surface area contributed by atoms with E-state index in [4.69, 9.17) is 5.26 Å². The van der Waals surface area contributed by atoms with Crippen molar-refractivity contribution in [3.63, 3.8) is 0 Å². The lowest BCUT2D eigenvalue weighted by Gasteiger charge is -2.13. The van der Waals surface area contributed by atoms with Crippen LogP contribution in [-0.4, -0.2) is 21.0 Å². The van der Waals surface area contributed by atoms with Gasteiger partial charge in [-0.25, -0.2) is 0 Å². The molecule has 2 unspecified atom stereocenters. The van der Waals surface area contributed by atoms with Crippen LogP contribution in [0.4, 0.5) is 0 Å². The van der Waals surface area contributed by atoms with E-state index in [-0.39, 0.29) is 5.92 Å². The van der Waals surface area contributed by atoms with Gasteiger partial charge in [0.15, 0.2) is 0 Å². The lowest BCUT2D eigenvalue weighted by atomic mass is 10.1. The van der Waals surface area contributed by atoms with E-state index in [0.717, 1.165) is 25.0 Å². The molecule has 1 aliphatic rings. The van der Waals surface area contributed by atoms with Crippen molar-refractivity contribution in [3.05, 3.63) is 11.9 Å². The Morgan fingerprint density at radius 2 is 2.53 bits per heavy atom. The van der Waals surface area contributed by atoms with E-state index >= 15 is 0 Å². The highest BCUT2D eigenvalue weighted by Crippen LogP contribution is 2.24. The molecule has 2 rings (SSSR count). The van der Waals surface area contributed by atoms with Crippen LogP contribution in [0.1, 0.15) is 25.0 Å². The molecule has 5 heteroatoms. The molecule has 2 atom stereocenters. The van der Waals surface area contributed by atoms with E-state index in [1.165, 1.54) is 0 Å². The van der Waals surface area contributed by atoms with E-state index in [0.29, 0.717) is 12.6 Å². The Morgan fingerprint density at radius 1 is 1.67 bits per heavy atom. The van der Waals surface area contributed by atoms with E-state index in [1.807, 2.05) is 13.2 Å². The van der Waals surface area contributed by atoms with Crippen molar-refractivity contribution in [2.24, 2.45) is 13.0 Å². The highest BCUT2D eigenvalue weighted by Gasteiger charge is 2.26. The fraction of sp³-hybridized carbons (Fsp3) is 0.700. The summed E-state index contributed by atoms with van der Waals surface area (Å²) < 4.78 is 1.69. The molecule has 0 amide bonds. The number of nitrogens with zero attached hydrogens (tertiary/aromatic N) is 4. The molecule has 1 saturated carbocycles. The quantitative estimate of drug-likeness (QED) is 0.784. The minimum absolute atomic E-state index is 0.168. The fourth-order valence-corrected chi connectivity index (χ4v) is 2.07. The van der Waals surface area contributed by atoms with Crippen LogP contribution in [0.25, 0.3) is 0 Å². The summed E-state index contributed by atoms with van der Waals surface area (Å²) >= 11 is 0. The van der Waals surface area contributed by atoms with Gasteiger partial charge >= 0.3 is 0 Å². The molecule has 1 aromatic heterocycles. The zero-order valence-corrected chi connectivity index (χ0v) is 8.85. The molecule has 1 fully saturated rings. The Labute approximate surface area is 89.1 Å². The molecule has 0 aliphatic heterocycles. The predicted octanol–water partition coefficient (Wildman–Crippen LogP) is 0.597. The van der Waals surface area contributed by atoms with Crippen molar-refractivity contribution in [3.8, 4) is 6.07 Å². The second kappa shape index (κ2) is 4.41. The Balaban J connectivity index is 1.85. The highest BCUT2D eigenvalue weighted by atomic mass is 15.4. The van der Waals surface area contributed by atoms with Crippen molar-refractivity contribution in [2.45, 2.75) is 31.8 Å². The molecule has 1 N–H and O–H groups in total. The summed E-state index contributed by atoms with van der Waals surface area (Å²) in [7, 11) is 1.85. The first-order chi connectivity index (χ1) is 7.29. The standard InChI is InChI=1S/C10H15N5/c1-15-7-9(13-14-15)6-12-10-4-2-3-8(10)5-11/h7-8,10,12H,2-4,6H2,1H3. The van der Waals surface area contributed by atoms with Crippen molar-refractivity contribution in [1.29, 1.82) is 5.26 Å². The minimum Gasteiger partial charge on any atom is -0.307 e. The van der Waals surface area contributed by atoms with E-state index in [2.05, 4.69) is 21.7 Å². The lowest BCUT2D eigenvalue weighted by molar-refractivity contribution is 0.461. The Morgan fingerprint density at radius 3 is 3.20 bits per heavy atom. The minimum atomic E-state index is 0.168. The van der Waals surface area contributed by atoms with Crippen LogP contribution in [0.3, 0.4) is 0 Å². The first-order valence-electron chi connectivity index (χ1n) is 5.28. The van der Waals surface area contributed by atoms with Crippen LogP contribution < -0.4 is 5.32 Å². The Hall–Kier alpha value is -1.41. The van der Waals surface area contributed by atoms with Crippen LogP contribution in [-0.2, 0) is 13.6 Å². The maximum Gasteiger partial charge on any atom is 0.0964 e. The number of nitriles is 1. The number of aryl methyl sites for hydroxylation is 1. The number of hydrogen-bond donors (Lipinski definition) is 1. The highest BCUT2D eigenvalue weighted by molar-refractivity contribution is 4.98. The van der Waals surface area contributed by atoms with Gasteiger partial charge in [0, 0.05) is 25.8 Å². The Kier molecular flexibility index (Phi) is 2.97. The molecule has 1 aromatic rings. The molecule has 15 heavy (non-hydrogen) atoms. The van der Waals surface area contributed by atoms with Crippen LogP contribution in [0.2, 0.25) is 0 Å². The summed E-state index contributed by atoms with van der Waals surface area (Å²) in [6.45, 7) is 0.705. The van der Waals surface area contributed by atoms with Gasteiger partial charge in [-0.1, -0.05) is 11.6 Å². The SMILES string of the molecule is Cn1cc(CNC2CCCC2C#N)nn1. The molecule has 1 heterocycles. The summed E-state index contributed by atoms with van der Waals surface area (Å²) in [6.07, 6.45) is 5.16. The summed E-state index contributed by atoms with van der Waals surface area (Å²) in [5.41, 5.74) is 0.932. The topological polar surface area (TPSA) is 66.5 Å². The number of rotatable bonds is 3. The second-order valence-corrected chi connectivity index (χ2v) is 4.04. The normalized spacial score (nSPS) is 25.3. The van der Waals surface area contributed by atoms with Gasteiger partial charge in [0.25, 0.3) is 0 Å². The average Bonchev–Trinajstić information content (AvgIpc) is 2.83. The summed E-state index contributed by atoms with van der Waals surface area (Å²) in [4.78, 5) is 0. The maximum absolute atomic E-state index is 8.92. The predicted molar refractivity (Wildman–Crippen MR) is 54.6 cm³/mol. The molecule has 0 bridgehead atoms. The molecule has 1 aliphatic carbocycles. The maximum atomic E-state index is 8.92. The van der Waals surface area contributed by atoms with Crippen molar-refractivity contribution >= 4 is 0 Å². The largest absolute Gasteiger partial charge is 0.307 e. The molecular weight excluding hydrogens is 190 g/mol. The monoisotopic (exact) mass is 205 g/mol. The van der Waals surface area contributed by atoms with E-state index < -0.39 is 0 Å². The second-order valence-electron chi connectivity index (χ2n) is 4.04. The number of nitrogens with one attached hydrogen (secondary N) is 1. The van der Waals surface area contributed by atoms with Gasteiger partial charge < -0.3 is 5.32 Å². The van der Waals surface area contributed by atoms with Gasteiger partial charge in [-0.2, -0.15) is 5.26 Å². The van der Waals surface area contributed by atoms with Crippen LogP contribution in [0.5, 0.6) is 0 Å². The molecular formula is C10H15N5. The average molecular weight is 205 g/mol. The van der Waals surface area contributed by atoms with Crippen LogP contribution in [0.15, 0.2) is 6.20 Å². The summed E-state index contributed by atoms with van der Waals surface area (Å²) in [5.74, 6) is 0.168. The van der Waals surface area contributed by atoms with Crippen LogP contribution >= 0.6 is 0 Å². The summed E-state index contributed by atoms with van der Waals surface area (Å²) in [5, 5.41) is 20.1. The molecule has 5 nitrogen and oxygen atoms in total. The van der Waals surface area contributed by atoms with Gasteiger partial charge in [0.05, 0.1) is 17.7 Å². The molecule has 0 radical (unpaired) electrons. The third-order valence-corrected chi connectivity index (χ3v) is 2.88. The zero-order chi connectivity index (χ0) is 10.7. The third kappa shape index (κ3) is 2.34. The number of hydrogen-bond acceptors (Lipinski definition) is 4. The van der Waals surface area contributed by atoms with Gasteiger partial charge in [-0.3, -0.25) is 4.68 Å². The van der Waals surface area contributed by atoms with Crippen LogP contribution in [0, 0.1) is 17.2 Å². The molecule has 0 aromatic carbocycles. The van der Waals surface area contributed by atoms with E-state index in [9.17, 15) is 0 Å². The van der Waals surface area contributed by atoms with Gasteiger partial charge in [0.1, 0.15) is 0 Å². The zero-order valence-electron chi connectivity index (χ0n) is 8.85. The van der Waals surface area contributed by atoms with Gasteiger partial charge in [0.2, 0.25) is 0 Å². The molecule has 0 spiro atoms. The van der Waals surface area contributed by atoms with Crippen molar-refractivity contribution in [1.82, 2.24) is 20.3 Å². The van der Waals surface area contributed by atoms with Crippen molar-refractivity contribution in [2.75, 3.05) is 0 Å². The van der Waals surface area contributed by atoms with Gasteiger partial charge in [-0.05, 0) is 12.8 Å². The Bertz CT molecular complexity index is 364. The molecule has 0 saturated heterocycles. The summed E-state index contributed by atoms with van der Waals surface area (Å²) in [6, 6.07) is 2.68. The number of aromatic nitrogens is 3. The first-order valence-corrected chi connectivity index (χ1v) is 5.28. The first kappa shape index (κ1) is 10.1. The smallest absolute Gasteiger partial charge is 0.0964 e. The third-order valence-electron chi connectivity index (χ3n) is 2.88. The van der Waals surface area contributed by atoms with Crippen molar-refractivity contribution < 1.29 is 0 Å². The molecule has 80 valence electrons. The van der Waals surface area contributed by atoms with E-state index in [1.54, 1.807) is 4.68 Å².